The lowest BCUT2D eigenvalue weighted by Gasteiger charge is -2.10. The highest BCUT2D eigenvalue weighted by Crippen LogP contribution is 2.10. The number of nitrogens with one attached hydrogen (secondary N) is 1. The normalized spacial score (nSPS) is 10.3. The minimum Gasteiger partial charge on any atom is -0.480 e. The number of aliphatic carboxylic acids is 1. The van der Waals surface area contributed by atoms with Crippen molar-refractivity contribution in [2.45, 2.75) is 26.4 Å². The van der Waals surface area contributed by atoms with Crippen LogP contribution >= 0.6 is 0 Å². The molecule has 110 valence electrons. The highest BCUT2D eigenvalue weighted by molar-refractivity contribution is 5.93. The third kappa shape index (κ3) is 3.72. The fourth-order valence-corrected chi connectivity index (χ4v) is 2.24. The molecule has 5 nitrogen and oxygen atoms in total. The number of amides is 1. The van der Waals surface area contributed by atoms with Crippen LogP contribution in [0.4, 0.5) is 0 Å². The molecule has 0 aliphatic heterocycles. The van der Waals surface area contributed by atoms with Gasteiger partial charge in [0.25, 0.3) is 5.91 Å². The largest absolute Gasteiger partial charge is 0.480 e. The van der Waals surface area contributed by atoms with Gasteiger partial charge in [-0.05, 0) is 29.7 Å². The van der Waals surface area contributed by atoms with Crippen molar-refractivity contribution in [3.63, 3.8) is 0 Å². The number of rotatable bonds is 6. The molecular formula is C16H18N2O3. The molecule has 1 heterocycles. The minimum atomic E-state index is -0.975. The first kappa shape index (κ1) is 14.8. The van der Waals surface area contributed by atoms with E-state index >= 15 is 0 Å². The Bertz CT molecular complexity index is 646. The predicted octanol–water partition coefficient (Wildman–Crippen LogP) is 2.07. The summed E-state index contributed by atoms with van der Waals surface area (Å²) in [5.74, 6) is -1.25. The Balaban J connectivity index is 2.05. The van der Waals surface area contributed by atoms with Crippen LogP contribution < -0.4 is 5.32 Å². The lowest BCUT2D eigenvalue weighted by Crippen LogP contribution is -2.26. The number of carboxylic acid groups (broad SMARTS) is 1. The molecule has 0 saturated carbocycles. The second-order valence-corrected chi connectivity index (χ2v) is 4.72. The van der Waals surface area contributed by atoms with Gasteiger partial charge in [-0.1, -0.05) is 31.2 Å². The highest BCUT2D eigenvalue weighted by Gasteiger charge is 2.12. The highest BCUT2D eigenvalue weighted by atomic mass is 16.4. The maximum absolute atomic E-state index is 12.2. The Morgan fingerprint density at radius 2 is 1.86 bits per heavy atom. The van der Waals surface area contributed by atoms with E-state index in [-0.39, 0.29) is 12.5 Å². The summed E-state index contributed by atoms with van der Waals surface area (Å²) in [5, 5.41) is 11.7. The summed E-state index contributed by atoms with van der Waals surface area (Å²) >= 11 is 0. The molecule has 5 heteroatoms. The fraction of sp³-hybridized carbons (Fsp3) is 0.250. The number of aryl methyl sites for hydroxylation is 1. The monoisotopic (exact) mass is 286 g/mol. The van der Waals surface area contributed by atoms with Gasteiger partial charge in [0.2, 0.25) is 0 Å². The van der Waals surface area contributed by atoms with Crippen LogP contribution in [0.1, 0.15) is 28.5 Å². The quantitative estimate of drug-likeness (QED) is 0.854. The average molecular weight is 286 g/mol. The van der Waals surface area contributed by atoms with Crippen molar-refractivity contribution < 1.29 is 14.7 Å². The van der Waals surface area contributed by atoms with Crippen molar-refractivity contribution in [3.05, 3.63) is 59.4 Å². The summed E-state index contributed by atoms with van der Waals surface area (Å²) in [6.07, 6.45) is 2.49. The predicted molar refractivity (Wildman–Crippen MR) is 79.1 cm³/mol. The Morgan fingerprint density at radius 3 is 2.52 bits per heavy atom. The van der Waals surface area contributed by atoms with Gasteiger partial charge in [-0.3, -0.25) is 9.59 Å². The molecule has 0 aliphatic carbocycles. The van der Waals surface area contributed by atoms with E-state index in [0.717, 1.165) is 12.0 Å². The second kappa shape index (κ2) is 6.74. The van der Waals surface area contributed by atoms with Gasteiger partial charge in [-0.15, -0.1) is 0 Å². The summed E-state index contributed by atoms with van der Waals surface area (Å²) in [7, 11) is 0. The molecule has 2 N–H and O–H groups in total. The smallest absolute Gasteiger partial charge is 0.323 e. The molecule has 2 rings (SSSR count). The summed E-state index contributed by atoms with van der Waals surface area (Å²) in [6, 6.07) is 11.2. The molecule has 0 aliphatic rings. The standard InChI is InChI=1S/C16H18N2O3/c1-2-12-6-3-4-7-13(12)10-17-16(21)14-8-5-9-18(14)11-15(19)20/h3-9H,2,10-11H2,1H3,(H,17,21)(H,19,20). The summed E-state index contributed by atoms with van der Waals surface area (Å²) in [4.78, 5) is 22.9. The zero-order valence-electron chi connectivity index (χ0n) is 11.9. The van der Waals surface area contributed by atoms with Crippen LogP contribution in [-0.2, 0) is 24.3 Å². The molecule has 0 radical (unpaired) electrons. The van der Waals surface area contributed by atoms with Crippen molar-refractivity contribution in [1.29, 1.82) is 0 Å². The fourth-order valence-electron chi connectivity index (χ4n) is 2.24. The number of benzene rings is 1. The van der Waals surface area contributed by atoms with Crippen molar-refractivity contribution in [3.8, 4) is 0 Å². The zero-order valence-corrected chi connectivity index (χ0v) is 11.9. The van der Waals surface area contributed by atoms with Crippen LogP contribution in [0.3, 0.4) is 0 Å². The SMILES string of the molecule is CCc1ccccc1CNC(=O)c1cccn1CC(=O)O. The van der Waals surface area contributed by atoms with E-state index in [1.807, 2.05) is 24.3 Å². The third-order valence-electron chi connectivity index (χ3n) is 3.31. The Morgan fingerprint density at radius 1 is 1.14 bits per heavy atom. The van der Waals surface area contributed by atoms with Crippen LogP contribution in [0.5, 0.6) is 0 Å². The first-order chi connectivity index (χ1) is 10.1. The molecule has 0 atom stereocenters. The minimum absolute atomic E-state index is 0.221. The number of carbonyl (C=O) groups is 2. The van der Waals surface area contributed by atoms with Crippen LogP contribution in [0.15, 0.2) is 42.6 Å². The van der Waals surface area contributed by atoms with Crippen LogP contribution in [0.2, 0.25) is 0 Å². The van der Waals surface area contributed by atoms with Gasteiger partial charge in [0.05, 0.1) is 0 Å². The molecule has 1 amide bonds. The van der Waals surface area contributed by atoms with E-state index in [4.69, 9.17) is 5.11 Å². The van der Waals surface area contributed by atoms with Crippen molar-refractivity contribution in [1.82, 2.24) is 9.88 Å². The van der Waals surface area contributed by atoms with Crippen molar-refractivity contribution in [2.24, 2.45) is 0 Å². The molecular weight excluding hydrogens is 268 g/mol. The van der Waals surface area contributed by atoms with Gasteiger partial charge >= 0.3 is 5.97 Å². The molecule has 0 bridgehead atoms. The summed E-state index contributed by atoms with van der Waals surface area (Å²) < 4.78 is 1.42. The number of nitrogens with zero attached hydrogens (tertiary/aromatic N) is 1. The Hall–Kier alpha value is -2.56. The first-order valence-corrected chi connectivity index (χ1v) is 6.83. The van der Waals surface area contributed by atoms with Gasteiger partial charge in [-0.25, -0.2) is 0 Å². The number of carboxylic acids is 1. The van der Waals surface area contributed by atoms with Gasteiger partial charge < -0.3 is 15.0 Å². The third-order valence-corrected chi connectivity index (χ3v) is 3.31. The molecule has 1 aromatic heterocycles. The van der Waals surface area contributed by atoms with E-state index in [2.05, 4.69) is 12.2 Å². The molecule has 0 fully saturated rings. The summed E-state index contributed by atoms with van der Waals surface area (Å²) in [5.41, 5.74) is 2.62. The maximum Gasteiger partial charge on any atom is 0.323 e. The lowest BCUT2D eigenvalue weighted by molar-refractivity contribution is -0.137. The van der Waals surface area contributed by atoms with E-state index in [1.54, 1.807) is 18.3 Å². The lowest BCUT2D eigenvalue weighted by atomic mass is 10.1. The topological polar surface area (TPSA) is 71.3 Å². The van der Waals surface area contributed by atoms with Gasteiger partial charge in [0, 0.05) is 12.7 Å². The molecule has 2 aromatic rings. The Kier molecular flexibility index (Phi) is 4.77. The van der Waals surface area contributed by atoms with Gasteiger partial charge in [0.1, 0.15) is 12.2 Å². The second-order valence-electron chi connectivity index (χ2n) is 4.72. The number of aromatic nitrogens is 1. The molecule has 1 aromatic carbocycles. The average Bonchev–Trinajstić information content (AvgIpc) is 2.92. The van der Waals surface area contributed by atoms with E-state index in [1.165, 1.54) is 10.1 Å². The van der Waals surface area contributed by atoms with Crippen LogP contribution in [0, 0.1) is 0 Å². The van der Waals surface area contributed by atoms with Crippen LogP contribution in [-0.4, -0.2) is 21.6 Å². The van der Waals surface area contributed by atoms with Gasteiger partial charge in [-0.2, -0.15) is 0 Å². The van der Waals surface area contributed by atoms with E-state index < -0.39 is 5.97 Å². The van der Waals surface area contributed by atoms with Crippen LogP contribution in [0.25, 0.3) is 0 Å². The number of hydrogen-bond donors (Lipinski definition) is 2. The number of carbonyl (C=O) groups excluding carboxylic acids is 1. The molecule has 21 heavy (non-hydrogen) atoms. The van der Waals surface area contributed by atoms with E-state index in [9.17, 15) is 9.59 Å². The summed E-state index contributed by atoms with van der Waals surface area (Å²) in [6.45, 7) is 2.28. The van der Waals surface area contributed by atoms with Crippen molar-refractivity contribution >= 4 is 11.9 Å². The molecule has 0 unspecified atom stereocenters. The number of hydrogen-bond acceptors (Lipinski definition) is 2. The molecule has 0 spiro atoms. The van der Waals surface area contributed by atoms with E-state index in [0.29, 0.717) is 12.2 Å². The first-order valence-electron chi connectivity index (χ1n) is 6.83. The van der Waals surface area contributed by atoms with Gasteiger partial charge in [0.15, 0.2) is 0 Å². The zero-order chi connectivity index (χ0) is 15.2. The molecule has 0 saturated heterocycles. The van der Waals surface area contributed by atoms with Crippen molar-refractivity contribution in [2.75, 3.05) is 0 Å². The maximum atomic E-state index is 12.2. The Labute approximate surface area is 123 Å².